The van der Waals surface area contributed by atoms with Crippen molar-refractivity contribution in [3.05, 3.63) is 11.1 Å². The Morgan fingerprint density at radius 2 is 2.09 bits per heavy atom. The van der Waals surface area contributed by atoms with Gasteiger partial charge in [-0.2, -0.15) is 0 Å². The summed E-state index contributed by atoms with van der Waals surface area (Å²) in [6, 6.07) is 0. The second-order valence-electron chi connectivity index (χ2n) is 5.70. The van der Waals surface area contributed by atoms with E-state index in [4.69, 9.17) is 14.2 Å². The van der Waals surface area contributed by atoms with Crippen molar-refractivity contribution in [2.45, 2.75) is 49.7 Å². The van der Waals surface area contributed by atoms with Crippen LogP contribution in [0.15, 0.2) is 11.1 Å². The number of esters is 1. The highest BCUT2D eigenvalue weighted by molar-refractivity contribution is 8.17. The SMILES string of the molecule is CCOC(=O)C1=C(C)CCC(OCOC)(C2SCCCS2)C1. The molecule has 1 aliphatic carbocycles. The van der Waals surface area contributed by atoms with Crippen molar-refractivity contribution in [2.24, 2.45) is 0 Å². The first-order valence-corrected chi connectivity index (χ1v) is 9.94. The monoisotopic (exact) mass is 346 g/mol. The van der Waals surface area contributed by atoms with Crippen molar-refractivity contribution in [2.75, 3.05) is 32.0 Å². The molecule has 126 valence electrons. The van der Waals surface area contributed by atoms with E-state index in [0.29, 0.717) is 17.6 Å². The lowest BCUT2D eigenvalue weighted by atomic mass is 9.81. The van der Waals surface area contributed by atoms with Crippen LogP contribution in [0.5, 0.6) is 0 Å². The van der Waals surface area contributed by atoms with Gasteiger partial charge in [0.25, 0.3) is 0 Å². The van der Waals surface area contributed by atoms with Crippen LogP contribution in [0, 0.1) is 0 Å². The van der Waals surface area contributed by atoms with E-state index in [-0.39, 0.29) is 18.4 Å². The molecule has 0 spiro atoms. The smallest absolute Gasteiger partial charge is 0.334 e. The fraction of sp³-hybridized carbons (Fsp3) is 0.812. The Balaban J connectivity index is 2.20. The average molecular weight is 347 g/mol. The molecular formula is C16H26O4S2. The molecule has 1 fully saturated rings. The van der Waals surface area contributed by atoms with Crippen molar-refractivity contribution in [1.82, 2.24) is 0 Å². The Morgan fingerprint density at radius 1 is 1.36 bits per heavy atom. The lowest BCUT2D eigenvalue weighted by Crippen LogP contribution is -2.46. The van der Waals surface area contributed by atoms with Gasteiger partial charge in [-0.3, -0.25) is 0 Å². The topological polar surface area (TPSA) is 44.8 Å². The van der Waals surface area contributed by atoms with Gasteiger partial charge in [0.15, 0.2) is 0 Å². The van der Waals surface area contributed by atoms with Crippen LogP contribution in [0.1, 0.15) is 39.5 Å². The minimum atomic E-state index is -0.326. The average Bonchev–Trinajstić information content (AvgIpc) is 2.55. The molecule has 22 heavy (non-hydrogen) atoms. The summed E-state index contributed by atoms with van der Waals surface area (Å²) < 4.78 is 16.9. The third-order valence-corrected chi connectivity index (χ3v) is 7.49. The molecule has 1 atom stereocenters. The molecule has 0 aromatic carbocycles. The molecule has 0 amide bonds. The number of methoxy groups -OCH3 is 1. The highest BCUT2D eigenvalue weighted by Gasteiger charge is 2.45. The molecule has 1 unspecified atom stereocenters. The van der Waals surface area contributed by atoms with E-state index in [1.54, 1.807) is 7.11 Å². The Hall–Kier alpha value is -0.170. The van der Waals surface area contributed by atoms with Crippen LogP contribution in [-0.2, 0) is 19.0 Å². The molecule has 1 heterocycles. The minimum Gasteiger partial charge on any atom is -0.463 e. The molecule has 1 saturated heterocycles. The largest absolute Gasteiger partial charge is 0.463 e. The Kier molecular flexibility index (Phi) is 7.12. The zero-order chi connectivity index (χ0) is 16.0. The van der Waals surface area contributed by atoms with Crippen LogP contribution in [-0.4, -0.2) is 48.2 Å². The minimum absolute atomic E-state index is 0.184. The summed E-state index contributed by atoms with van der Waals surface area (Å²) in [6.45, 7) is 4.56. The number of allylic oxidation sites excluding steroid dienone is 1. The Labute approximate surface area is 141 Å². The second-order valence-corrected chi connectivity index (χ2v) is 8.42. The van der Waals surface area contributed by atoms with Gasteiger partial charge in [-0.15, -0.1) is 23.5 Å². The van der Waals surface area contributed by atoms with E-state index in [2.05, 4.69) is 0 Å². The summed E-state index contributed by atoms with van der Waals surface area (Å²) in [4.78, 5) is 12.3. The van der Waals surface area contributed by atoms with Crippen LogP contribution >= 0.6 is 23.5 Å². The summed E-state index contributed by atoms with van der Waals surface area (Å²) in [7, 11) is 1.64. The Morgan fingerprint density at radius 3 is 2.73 bits per heavy atom. The zero-order valence-electron chi connectivity index (χ0n) is 13.7. The molecule has 1 aliphatic heterocycles. The summed E-state index contributed by atoms with van der Waals surface area (Å²) in [6.07, 6.45) is 3.70. The molecule has 0 aromatic rings. The molecule has 0 aromatic heterocycles. The number of rotatable bonds is 6. The van der Waals surface area contributed by atoms with Crippen LogP contribution in [0.4, 0.5) is 0 Å². The molecule has 0 radical (unpaired) electrons. The lowest BCUT2D eigenvalue weighted by Gasteiger charge is -2.44. The zero-order valence-corrected chi connectivity index (χ0v) is 15.3. The van der Waals surface area contributed by atoms with E-state index in [0.717, 1.165) is 35.5 Å². The summed E-state index contributed by atoms with van der Waals surface area (Å²) in [5.41, 5.74) is 1.62. The highest BCUT2D eigenvalue weighted by Crippen LogP contribution is 2.48. The summed E-state index contributed by atoms with van der Waals surface area (Å²) >= 11 is 3.91. The van der Waals surface area contributed by atoms with E-state index >= 15 is 0 Å². The van der Waals surface area contributed by atoms with Crippen LogP contribution in [0.3, 0.4) is 0 Å². The van der Waals surface area contributed by atoms with Gasteiger partial charge in [-0.25, -0.2) is 4.79 Å². The lowest BCUT2D eigenvalue weighted by molar-refractivity contribution is -0.145. The molecule has 2 aliphatic rings. The summed E-state index contributed by atoms with van der Waals surface area (Å²) in [5.74, 6) is 2.14. The predicted octanol–water partition coefficient (Wildman–Crippen LogP) is 3.61. The molecule has 4 nitrogen and oxygen atoms in total. The van der Waals surface area contributed by atoms with Gasteiger partial charge in [-0.05, 0) is 44.6 Å². The van der Waals surface area contributed by atoms with E-state index < -0.39 is 0 Å². The van der Waals surface area contributed by atoms with E-state index in [9.17, 15) is 4.79 Å². The van der Waals surface area contributed by atoms with Crippen LogP contribution in [0.2, 0.25) is 0 Å². The van der Waals surface area contributed by atoms with Crippen molar-refractivity contribution in [1.29, 1.82) is 0 Å². The number of carbonyl (C=O) groups excluding carboxylic acids is 1. The van der Waals surface area contributed by atoms with Gasteiger partial charge in [0.05, 0.1) is 16.8 Å². The first kappa shape index (κ1) is 18.2. The van der Waals surface area contributed by atoms with Crippen molar-refractivity contribution in [3.8, 4) is 0 Å². The van der Waals surface area contributed by atoms with Crippen LogP contribution < -0.4 is 0 Å². The van der Waals surface area contributed by atoms with Gasteiger partial charge in [0, 0.05) is 19.1 Å². The van der Waals surface area contributed by atoms with E-state index in [1.807, 2.05) is 37.4 Å². The maximum absolute atomic E-state index is 12.3. The maximum Gasteiger partial charge on any atom is 0.334 e. The molecular weight excluding hydrogens is 320 g/mol. The summed E-state index contributed by atoms with van der Waals surface area (Å²) in [5, 5.41) is 0. The molecule has 0 N–H and O–H groups in total. The number of hydrogen-bond donors (Lipinski definition) is 0. The Bertz CT molecular complexity index is 418. The second kappa shape index (κ2) is 8.62. The van der Waals surface area contributed by atoms with Gasteiger partial charge < -0.3 is 14.2 Å². The fourth-order valence-electron chi connectivity index (χ4n) is 2.91. The highest BCUT2D eigenvalue weighted by atomic mass is 32.2. The molecule has 0 bridgehead atoms. The molecule has 2 rings (SSSR count). The standard InChI is InChI=1S/C16H26O4S2/c1-4-19-14(17)13-10-16(20-11-18-3,7-6-12(13)2)15-21-8-5-9-22-15/h15H,4-11H2,1-3H3. The third-order valence-electron chi connectivity index (χ3n) is 4.16. The number of hydrogen-bond acceptors (Lipinski definition) is 6. The van der Waals surface area contributed by atoms with E-state index in [1.165, 1.54) is 6.42 Å². The van der Waals surface area contributed by atoms with Crippen molar-refractivity contribution < 1.29 is 19.0 Å². The maximum atomic E-state index is 12.3. The predicted molar refractivity (Wildman–Crippen MR) is 92.2 cm³/mol. The van der Waals surface area contributed by atoms with Crippen molar-refractivity contribution >= 4 is 29.5 Å². The number of carbonyl (C=O) groups is 1. The third kappa shape index (κ3) is 4.22. The van der Waals surface area contributed by atoms with Gasteiger partial charge in [0.1, 0.15) is 6.79 Å². The first-order chi connectivity index (χ1) is 10.6. The normalized spacial score (nSPS) is 27.0. The molecule has 6 heteroatoms. The van der Waals surface area contributed by atoms with Gasteiger partial charge in [0.2, 0.25) is 0 Å². The first-order valence-electron chi connectivity index (χ1n) is 7.85. The van der Waals surface area contributed by atoms with Gasteiger partial charge in [-0.1, -0.05) is 5.57 Å². The fourth-order valence-corrected chi connectivity index (χ4v) is 6.25. The molecule has 0 saturated carbocycles. The van der Waals surface area contributed by atoms with Gasteiger partial charge >= 0.3 is 5.97 Å². The quantitative estimate of drug-likeness (QED) is 0.541. The van der Waals surface area contributed by atoms with Crippen molar-refractivity contribution in [3.63, 3.8) is 0 Å². The number of ether oxygens (including phenoxy) is 3. The van der Waals surface area contributed by atoms with Crippen LogP contribution in [0.25, 0.3) is 0 Å². The number of thioether (sulfide) groups is 2.